The number of hydrogen-bond acceptors (Lipinski definition) is 6. The van der Waals surface area contributed by atoms with E-state index in [9.17, 15) is 9.59 Å². The third-order valence-electron chi connectivity index (χ3n) is 2.07. The summed E-state index contributed by atoms with van der Waals surface area (Å²) in [5.41, 5.74) is 6.32. The van der Waals surface area contributed by atoms with Gasteiger partial charge in [-0.3, -0.25) is 9.79 Å². The lowest BCUT2D eigenvalue weighted by molar-refractivity contribution is 0.0607. The molecule has 6 heteroatoms. The Morgan fingerprint density at radius 3 is 3.00 bits per heavy atom. The maximum atomic E-state index is 11.5. The zero-order chi connectivity index (χ0) is 11.0. The van der Waals surface area contributed by atoms with E-state index in [1.54, 1.807) is 6.21 Å². The van der Waals surface area contributed by atoms with E-state index in [1.807, 2.05) is 0 Å². The molecule has 0 radical (unpaired) electrons. The molecule has 0 unspecified atom stereocenters. The van der Waals surface area contributed by atoms with Gasteiger partial charge in [0.1, 0.15) is 11.4 Å². The van der Waals surface area contributed by atoms with Crippen molar-refractivity contribution < 1.29 is 14.3 Å². The van der Waals surface area contributed by atoms with Crippen LogP contribution in [0.5, 0.6) is 0 Å². The van der Waals surface area contributed by atoms with Crippen LogP contribution in [0.4, 0.5) is 5.69 Å². The highest BCUT2D eigenvalue weighted by molar-refractivity contribution is 7.16. The fourth-order valence-corrected chi connectivity index (χ4v) is 2.43. The first-order valence-corrected chi connectivity index (χ1v) is 5.00. The first-order valence-electron chi connectivity index (χ1n) is 4.18. The van der Waals surface area contributed by atoms with Crippen LogP contribution in [-0.4, -0.2) is 31.6 Å². The van der Waals surface area contributed by atoms with Crippen LogP contribution in [0.1, 0.15) is 24.9 Å². The first kappa shape index (κ1) is 9.85. The Balaban J connectivity index is 2.59. The molecule has 2 heterocycles. The standard InChI is InChI=1S/C9H8N2O3S/c1-14-9(13)8-7(10)6-4(12)2-11-3-5(6)15-8/h3H,2,10H2,1H3. The molecule has 0 amide bonds. The lowest BCUT2D eigenvalue weighted by Gasteiger charge is -2.03. The van der Waals surface area contributed by atoms with Crippen molar-refractivity contribution in [3.8, 4) is 0 Å². The molecule has 1 aromatic rings. The Bertz CT molecular complexity index is 476. The van der Waals surface area contributed by atoms with E-state index in [-0.39, 0.29) is 22.9 Å². The summed E-state index contributed by atoms with van der Waals surface area (Å²) in [5, 5.41) is 0. The number of carbonyl (C=O) groups excluding carboxylic acids is 2. The molecule has 0 aromatic carbocycles. The summed E-state index contributed by atoms with van der Waals surface area (Å²) in [6.07, 6.45) is 1.56. The van der Waals surface area contributed by atoms with Crippen LogP contribution in [0.2, 0.25) is 0 Å². The molecule has 1 aromatic heterocycles. The highest BCUT2D eigenvalue weighted by atomic mass is 32.1. The van der Waals surface area contributed by atoms with Crippen LogP contribution in [-0.2, 0) is 4.74 Å². The Morgan fingerprint density at radius 2 is 2.40 bits per heavy atom. The van der Waals surface area contributed by atoms with Gasteiger partial charge in [-0.25, -0.2) is 4.79 Å². The number of thiophene rings is 1. The number of aliphatic imine (C=N–C) groups is 1. The first-order chi connectivity index (χ1) is 7.15. The van der Waals surface area contributed by atoms with Gasteiger partial charge in [-0.1, -0.05) is 0 Å². The Labute approximate surface area is 89.6 Å². The van der Waals surface area contributed by atoms with Crippen LogP contribution >= 0.6 is 11.3 Å². The van der Waals surface area contributed by atoms with E-state index in [4.69, 9.17) is 5.73 Å². The van der Waals surface area contributed by atoms with Crippen molar-refractivity contribution in [1.29, 1.82) is 0 Å². The van der Waals surface area contributed by atoms with Crippen molar-refractivity contribution >= 4 is 35.0 Å². The summed E-state index contributed by atoms with van der Waals surface area (Å²) in [6, 6.07) is 0. The van der Waals surface area contributed by atoms with Gasteiger partial charge in [0, 0.05) is 6.21 Å². The third-order valence-corrected chi connectivity index (χ3v) is 3.19. The van der Waals surface area contributed by atoms with Crippen LogP contribution in [0, 0.1) is 0 Å². The molecule has 78 valence electrons. The van der Waals surface area contributed by atoms with Crippen LogP contribution in [0.3, 0.4) is 0 Å². The number of carbonyl (C=O) groups is 2. The monoisotopic (exact) mass is 224 g/mol. The predicted octanol–water partition coefficient (Wildman–Crippen LogP) is 0.732. The number of hydrogen-bond donors (Lipinski definition) is 1. The number of nitrogens with two attached hydrogens (primary N) is 1. The Kier molecular flexibility index (Phi) is 2.28. The van der Waals surface area contributed by atoms with Gasteiger partial charge < -0.3 is 10.5 Å². The molecular formula is C9H8N2O3S. The second-order valence-electron chi connectivity index (χ2n) is 2.97. The summed E-state index contributed by atoms with van der Waals surface area (Å²) in [6.45, 7) is 0.0918. The number of ether oxygens (including phenoxy) is 1. The summed E-state index contributed by atoms with van der Waals surface area (Å²) in [7, 11) is 1.27. The third kappa shape index (κ3) is 1.42. The molecule has 1 aliphatic rings. The number of ketones is 1. The van der Waals surface area contributed by atoms with E-state index in [0.29, 0.717) is 10.4 Å². The topological polar surface area (TPSA) is 81.8 Å². The second-order valence-corrected chi connectivity index (χ2v) is 4.02. The number of rotatable bonds is 1. The zero-order valence-electron chi connectivity index (χ0n) is 7.94. The maximum Gasteiger partial charge on any atom is 0.350 e. The highest BCUT2D eigenvalue weighted by Crippen LogP contribution is 2.32. The molecule has 0 fully saturated rings. The highest BCUT2D eigenvalue weighted by Gasteiger charge is 2.26. The van der Waals surface area contributed by atoms with Gasteiger partial charge in [-0.15, -0.1) is 11.3 Å². The molecule has 0 saturated heterocycles. The number of nitrogen functional groups attached to an aromatic ring is 1. The smallest absolute Gasteiger partial charge is 0.350 e. The van der Waals surface area contributed by atoms with Crippen LogP contribution < -0.4 is 5.73 Å². The molecule has 5 nitrogen and oxygen atoms in total. The van der Waals surface area contributed by atoms with E-state index in [2.05, 4.69) is 9.73 Å². The van der Waals surface area contributed by atoms with Gasteiger partial charge in [-0.05, 0) is 0 Å². The molecular weight excluding hydrogens is 216 g/mol. The largest absolute Gasteiger partial charge is 0.465 e. The van der Waals surface area contributed by atoms with Gasteiger partial charge in [0.15, 0.2) is 5.78 Å². The summed E-state index contributed by atoms with van der Waals surface area (Å²) < 4.78 is 4.57. The molecule has 0 saturated carbocycles. The average Bonchev–Trinajstić information content (AvgIpc) is 2.56. The molecule has 1 aliphatic heterocycles. The van der Waals surface area contributed by atoms with Gasteiger partial charge in [0.2, 0.25) is 0 Å². The summed E-state index contributed by atoms with van der Waals surface area (Å²) in [5.74, 6) is -0.676. The number of methoxy groups -OCH3 is 1. The minimum atomic E-state index is -0.520. The van der Waals surface area contributed by atoms with Crippen molar-refractivity contribution in [3.63, 3.8) is 0 Å². The molecule has 0 atom stereocenters. The van der Waals surface area contributed by atoms with Crippen molar-refractivity contribution in [2.45, 2.75) is 0 Å². The van der Waals surface area contributed by atoms with Crippen LogP contribution in [0.25, 0.3) is 0 Å². The maximum absolute atomic E-state index is 11.5. The molecule has 2 N–H and O–H groups in total. The number of nitrogens with zero attached hydrogens (tertiary/aromatic N) is 1. The van der Waals surface area contributed by atoms with E-state index in [1.165, 1.54) is 7.11 Å². The van der Waals surface area contributed by atoms with Gasteiger partial charge in [0.25, 0.3) is 0 Å². The van der Waals surface area contributed by atoms with Crippen molar-refractivity contribution in [1.82, 2.24) is 0 Å². The van der Waals surface area contributed by atoms with Crippen molar-refractivity contribution in [3.05, 3.63) is 15.3 Å². The van der Waals surface area contributed by atoms with E-state index >= 15 is 0 Å². The molecule has 2 rings (SSSR count). The number of anilines is 1. The predicted molar refractivity (Wildman–Crippen MR) is 56.9 cm³/mol. The van der Waals surface area contributed by atoms with E-state index in [0.717, 1.165) is 11.3 Å². The molecule has 0 bridgehead atoms. The van der Waals surface area contributed by atoms with Crippen molar-refractivity contribution in [2.75, 3.05) is 19.4 Å². The second kappa shape index (κ2) is 3.47. The summed E-state index contributed by atoms with van der Waals surface area (Å²) >= 11 is 1.13. The molecule has 0 spiro atoms. The van der Waals surface area contributed by atoms with Crippen LogP contribution in [0.15, 0.2) is 4.99 Å². The van der Waals surface area contributed by atoms with Crippen molar-refractivity contribution in [2.24, 2.45) is 4.99 Å². The van der Waals surface area contributed by atoms with Gasteiger partial charge in [-0.2, -0.15) is 0 Å². The Morgan fingerprint density at radius 1 is 1.67 bits per heavy atom. The van der Waals surface area contributed by atoms with Gasteiger partial charge >= 0.3 is 5.97 Å². The average molecular weight is 224 g/mol. The zero-order valence-corrected chi connectivity index (χ0v) is 8.76. The number of esters is 1. The fraction of sp³-hybridized carbons (Fsp3) is 0.222. The minimum Gasteiger partial charge on any atom is -0.465 e. The quantitative estimate of drug-likeness (QED) is 0.713. The van der Waals surface area contributed by atoms with Gasteiger partial charge in [0.05, 0.1) is 23.2 Å². The molecule has 0 aliphatic carbocycles. The Hall–Kier alpha value is -1.69. The minimum absolute atomic E-state index is 0.0918. The SMILES string of the molecule is COC(=O)c1sc2c(c1N)C(=O)CN=C2. The summed E-state index contributed by atoms with van der Waals surface area (Å²) in [4.78, 5) is 27.6. The normalized spacial score (nSPS) is 13.8. The number of Topliss-reactive ketones (excluding diaryl/α,β-unsaturated/α-hetero) is 1. The lowest BCUT2D eigenvalue weighted by Crippen LogP contribution is -2.12. The fourth-order valence-electron chi connectivity index (χ4n) is 1.38. The lowest BCUT2D eigenvalue weighted by atomic mass is 10.1. The molecule has 15 heavy (non-hydrogen) atoms. The number of fused-ring (bicyclic) bond motifs is 1. The van der Waals surface area contributed by atoms with E-state index < -0.39 is 5.97 Å².